The highest BCUT2D eigenvalue weighted by atomic mass is 35.5. The van der Waals surface area contributed by atoms with Gasteiger partial charge in [0.05, 0.1) is 6.10 Å². The molecule has 0 spiro atoms. The number of aromatic nitrogens is 2. The summed E-state index contributed by atoms with van der Waals surface area (Å²) in [7, 11) is 0. The summed E-state index contributed by atoms with van der Waals surface area (Å²) in [6, 6.07) is 1.75. The van der Waals surface area contributed by atoms with Gasteiger partial charge >= 0.3 is 0 Å². The van der Waals surface area contributed by atoms with E-state index in [1.54, 1.807) is 6.07 Å². The highest BCUT2D eigenvalue weighted by molar-refractivity contribution is 6.29. The van der Waals surface area contributed by atoms with E-state index in [0.29, 0.717) is 5.15 Å². The van der Waals surface area contributed by atoms with Crippen molar-refractivity contribution < 1.29 is 4.74 Å². The van der Waals surface area contributed by atoms with E-state index in [0.717, 1.165) is 44.1 Å². The van der Waals surface area contributed by atoms with E-state index in [2.05, 4.69) is 22.2 Å². The third kappa shape index (κ3) is 6.17. The van der Waals surface area contributed by atoms with Crippen LogP contribution in [0.25, 0.3) is 0 Å². The smallest absolute Gasteiger partial charge is 0.134 e. The van der Waals surface area contributed by atoms with Gasteiger partial charge in [0.2, 0.25) is 0 Å². The van der Waals surface area contributed by atoms with Crippen LogP contribution in [0.1, 0.15) is 39.4 Å². The molecule has 0 bridgehead atoms. The van der Waals surface area contributed by atoms with Gasteiger partial charge in [-0.05, 0) is 26.7 Å². The third-order valence-corrected chi connectivity index (χ3v) is 2.49. The quantitative estimate of drug-likeness (QED) is 0.582. The largest absolute Gasteiger partial charge is 0.379 e. The third-order valence-electron chi connectivity index (χ3n) is 2.29. The van der Waals surface area contributed by atoms with Crippen molar-refractivity contribution in [2.24, 2.45) is 0 Å². The minimum Gasteiger partial charge on any atom is -0.379 e. The van der Waals surface area contributed by atoms with E-state index in [9.17, 15) is 0 Å². The molecule has 0 aliphatic carbocycles. The van der Waals surface area contributed by atoms with Crippen molar-refractivity contribution in [3.8, 4) is 0 Å². The molecule has 4 nitrogen and oxygen atoms in total. The van der Waals surface area contributed by atoms with Crippen molar-refractivity contribution in [2.45, 2.75) is 46.1 Å². The van der Waals surface area contributed by atoms with E-state index in [4.69, 9.17) is 16.3 Å². The maximum atomic E-state index is 5.95. The Labute approximate surface area is 114 Å². The second-order valence-electron chi connectivity index (χ2n) is 4.44. The maximum absolute atomic E-state index is 5.95. The Morgan fingerprint density at radius 1 is 1.39 bits per heavy atom. The van der Waals surface area contributed by atoms with Gasteiger partial charge < -0.3 is 10.1 Å². The zero-order chi connectivity index (χ0) is 13.4. The predicted molar refractivity (Wildman–Crippen MR) is 75.2 cm³/mol. The minimum atomic E-state index is 0.287. The molecular formula is C13H22ClN3O. The highest BCUT2D eigenvalue weighted by Gasteiger charge is 2.02. The van der Waals surface area contributed by atoms with Gasteiger partial charge in [0.1, 0.15) is 16.8 Å². The fourth-order valence-electron chi connectivity index (χ4n) is 1.50. The summed E-state index contributed by atoms with van der Waals surface area (Å²) in [6.07, 6.45) is 3.10. The Balaban J connectivity index is 2.37. The van der Waals surface area contributed by atoms with Gasteiger partial charge in [0, 0.05) is 25.6 Å². The lowest BCUT2D eigenvalue weighted by molar-refractivity contribution is 0.0787. The van der Waals surface area contributed by atoms with Crippen LogP contribution >= 0.6 is 11.6 Å². The van der Waals surface area contributed by atoms with Crippen LogP contribution in [0.2, 0.25) is 5.15 Å². The number of aryl methyl sites for hydroxylation is 1. The number of anilines is 1. The molecule has 0 aromatic carbocycles. The molecule has 0 saturated carbocycles. The van der Waals surface area contributed by atoms with Gasteiger partial charge in [-0.1, -0.05) is 18.5 Å². The van der Waals surface area contributed by atoms with Gasteiger partial charge in [-0.15, -0.1) is 0 Å². The molecule has 0 radical (unpaired) electrons. The number of ether oxygens (including phenoxy) is 1. The lowest BCUT2D eigenvalue weighted by atomic mass is 10.3. The summed E-state index contributed by atoms with van der Waals surface area (Å²) in [5.74, 6) is 1.59. The Morgan fingerprint density at radius 2 is 2.17 bits per heavy atom. The molecule has 0 amide bonds. The van der Waals surface area contributed by atoms with Crippen molar-refractivity contribution in [2.75, 3.05) is 18.5 Å². The first-order valence-corrected chi connectivity index (χ1v) is 6.88. The van der Waals surface area contributed by atoms with Gasteiger partial charge in [-0.3, -0.25) is 0 Å². The first-order valence-electron chi connectivity index (χ1n) is 6.50. The topological polar surface area (TPSA) is 47.0 Å². The summed E-state index contributed by atoms with van der Waals surface area (Å²) in [5, 5.41) is 3.74. The van der Waals surface area contributed by atoms with Crippen molar-refractivity contribution in [1.29, 1.82) is 0 Å². The molecule has 0 aliphatic rings. The predicted octanol–water partition coefficient (Wildman–Crippen LogP) is 3.31. The van der Waals surface area contributed by atoms with Gasteiger partial charge in [0.25, 0.3) is 0 Å². The van der Waals surface area contributed by atoms with Gasteiger partial charge in [0.15, 0.2) is 0 Å². The number of halogens is 1. The van der Waals surface area contributed by atoms with Crippen molar-refractivity contribution in [3.63, 3.8) is 0 Å². The molecular weight excluding hydrogens is 250 g/mol. The van der Waals surface area contributed by atoms with Gasteiger partial charge in [-0.25, -0.2) is 9.97 Å². The van der Waals surface area contributed by atoms with Crippen LogP contribution in [0.3, 0.4) is 0 Å². The number of nitrogens with one attached hydrogen (secondary N) is 1. The van der Waals surface area contributed by atoms with Crippen LogP contribution in [-0.2, 0) is 11.2 Å². The van der Waals surface area contributed by atoms with Crippen molar-refractivity contribution in [1.82, 2.24) is 9.97 Å². The van der Waals surface area contributed by atoms with Crippen LogP contribution in [-0.4, -0.2) is 29.2 Å². The molecule has 0 saturated heterocycles. The zero-order valence-electron chi connectivity index (χ0n) is 11.4. The van der Waals surface area contributed by atoms with Crippen LogP contribution in [0.4, 0.5) is 5.82 Å². The fraction of sp³-hybridized carbons (Fsp3) is 0.692. The van der Waals surface area contributed by atoms with E-state index in [1.165, 1.54) is 0 Å². The molecule has 18 heavy (non-hydrogen) atoms. The van der Waals surface area contributed by atoms with Gasteiger partial charge in [-0.2, -0.15) is 0 Å². The van der Waals surface area contributed by atoms with Crippen LogP contribution in [0.5, 0.6) is 0 Å². The average Bonchev–Trinajstić information content (AvgIpc) is 2.28. The monoisotopic (exact) mass is 271 g/mol. The van der Waals surface area contributed by atoms with Crippen LogP contribution < -0.4 is 5.32 Å². The first-order chi connectivity index (χ1) is 8.61. The normalized spacial score (nSPS) is 10.9. The second kappa shape index (κ2) is 8.27. The lowest BCUT2D eigenvalue weighted by Gasteiger charge is -2.09. The first kappa shape index (κ1) is 15.2. The van der Waals surface area contributed by atoms with E-state index in [1.807, 2.05) is 13.8 Å². The molecule has 5 heteroatoms. The Hall–Kier alpha value is -0.870. The molecule has 1 aromatic heterocycles. The zero-order valence-corrected chi connectivity index (χ0v) is 12.1. The lowest BCUT2D eigenvalue weighted by Crippen LogP contribution is -2.10. The average molecular weight is 272 g/mol. The molecule has 0 atom stereocenters. The highest BCUT2D eigenvalue weighted by Crippen LogP contribution is 2.12. The number of hydrogen-bond donors (Lipinski definition) is 1. The molecule has 1 rings (SSSR count). The van der Waals surface area contributed by atoms with Crippen molar-refractivity contribution in [3.05, 3.63) is 17.0 Å². The van der Waals surface area contributed by atoms with E-state index < -0.39 is 0 Å². The van der Waals surface area contributed by atoms with E-state index >= 15 is 0 Å². The molecule has 1 N–H and O–H groups in total. The number of hydrogen-bond acceptors (Lipinski definition) is 4. The Morgan fingerprint density at radius 3 is 2.83 bits per heavy atom. The SMILES string of the molecule is CCCc1nc(Cl)cc(NCCCOC(C)C)n1. The minimum absolute atomic E-state index is 0.287. The summed E-state index contributed by atoms with van der Waals surface area (Å²) >= 11 is 5.95. The second-order valence-corrected chi connectivity index (χ2v) is 4.83. The molecule has 0 aliphatic heterocycles. The molecule has 0 fully saturated rings. The molecule has 102 valence electrons. The van der Waals surface area contributed by atoms with Crippen LogP contribution in [0.15, 0.2) is 6.07 Å². The summed E-state index contributed by atoms with van der Waals surface area (Å²) in [6.45, 7) is 7.75. The van der Waals surface area contributed by atoms with Crippen molar-refractivity contribution >= 4 is 17.4 Å². The summed E-state index contributed by atoms with van der Waals surface area (Å²) < 4.78 is 5.47. The molecule has 0 unspecified atom stereocenters. The Kier molecular flexibility index (Phi) is 6.98. The number of nitrogens with zero attached hydrogens (tertiary/aromatic N) is 2. The molecule has 1 aromatic rings. The summed E-state index contributed by atoms with van der Waals surface area (Å²) in [4.78, 5) is 8.59. The summed E-state index contributed by atoms with van der Waals surface area (Å²) in [5.41, 5.74) is 0. The molecule has 1 heterocycles. The Bertz CT molecular complexity index is 358. The maximum Gasteiger partial charge on any atom is 0.134 e. The number of rotatable bonds is 8. The van der Waals surface area contributed by atoms with E-state index in [-0.39, 0.29) is 6.10 Å². The van der Waals surface area contributed by atoms with Crippen LogP contribution in [0, 0.1) is 0 Å². The fourth-order valence-corrected chi connectivity index (χ4v) is 1.70. The standard InChI is InChI=1S/C13H22ClN3O/c1-4-6-12-16-11(14)9-13(17-12)15-7-5-8-18-10(2)3/h9-10H,4-8H2,1-3H3,(H,15,16,17).